The minimum atomic E-state index is -4.96. The van der Waals surface area contributed by atoms with E-state index < -0.39 is 97.5 Å². The van der Waals surface area contributed by atoms with Crippen molar-refractivity contribution in [1.29, 1.82) is 0 Å². The van der Waals surface area contributed by atoms with Crippen molar-refractivity contribution in [3.63, 3.8) is 0 Å². The summed E-state index contributed by atoms with van der Waals surface area (Å²) in [6.07, 6.45) is 50.1. The van der Waals surface area contributed by atoms with E-state index in [1.54, 1.807) is 0 Å². The number of carbonyl (C=O) groups is 4. The summed E-state index contributed by atoms with van der Waals surface area (Å²) in [4.78, 5) is 72.7. The maximum Gasteiger partial charge on any atom is 0.472 e. The van der Waals surface area contributed by atoms with Crippen molar-refractivity contribution < 1.29 is 80.2 Å². The van der Waals surface area contributed by atoms with E-state index in [-0.39, 0.29) is 25.7 Å². The fourth-order valence-corrected chi connectivity index (χ4v) is 13.1. The molecule has 564 valence electrons. The van der Waals surface area contributed by atoms with Gasteiger partial charge in [-0.05, 0) is 49.4 Å². The Balaban J connectivity index is 5.17. The molecule has 5 unspecified atom stereocenters. The Morgan fingerprint density at radius 1 is 0.295 bits per heavy atom. The number of aliphatic hydroxyl groups excluding tert-OH is 1. The van der Waals surface area contributed by atoms with Gasteiger partial charge in [-0.2, -0.15) is 0 Å². The highest BCUT2D eigenvalue weighted by molar-refractivity contribution is 7.47. The van der Waals surface area contributed by atoms with Crippen LogP contribution in [-0.4, -0.2) is 96.7 Å². The minimum absolute atomic E-state index is 0.104. The van der Waals surface area contributed by atoms with E-state index in [0.29, 0.717) is 31.6 Å². The Bertz CT molecular complexity index is 1870. The molecule has 7 atom stereocenters. The number of hydrogen-bond donors (Lipinski definition) is 3. The fourth-order valence-electron chi connectivity index (χ4n) is 11.5. The van der Waals surface area contributed by atoms with Gasteiger partial charge in [0.15, 0.2) is 12.2 Å². The second-order valence-electron chi connectivity index (χ2n) is 28.8. The number of carbonyl (C=O) groups excluding carboxylic acids is 4. The van der Waals surface area contributed by atoms with Gasteiger partial charge in [0.25, 0.3) is 0 Å². The van der Waals surface area contributed by atoms with Crippen molar-refractivity contribution in [1.82, 2.24) is 0 Å². The van der Waals surface area contributed by atoms with Gasteiger partial charge in [-0.3, -0.25) is 37.3 Å². The first-order valence-corrected chi connectivity index (χ1v) is 42.3. The predicted molar refractivity (Wildman–Crippen MR) is 386 cm³/mol. The Morgan fingerprint density at radius 3 is 0.747 bits per heavy atom. The number of hydrogen-bond acceptors (Lipinski definition) is 15. The third kappa shape index (κ3) is 67.6. The van der Waals surface area contributed by atoms with Crippen molar-refractivity contribution in [2.75, 3.05) is 39.6 Å². The van der Waals surface area contributed by atoms with Crippen molar-refractivity contribution in [2.24, 2.45) is 23.7 Å². The highest BCUT2D eigenvalue weighted by atomic mass is 31.2. The third-order valence-electron chi connectivity index (χ3n) is 18.3. The summed E-state index contributed by atoms with van der Waals surface area (Å²) in [6, 6.07) is 0. The lowest BCUT2D eigenvalue weighted by atomic mass is 9.99. The summed E-state index contributed by atoms with van der Waals surface area (Å²) in [5.41, 5.74) is 0. The molecule has 0 saturated carbocycles. The second kappa shape index (κ2) is 65.4. The fraction of sp³-hybridized carbons (Fsp3) is 0.947. The molecule has 19 heteroatoms. The second-order valence-corrected chi connectivity index (χ2v) is 31.7. The van der Waals surface area contributed by atoms with Crippen LogP contribution in [0.25, 0.3) is 0 Å². The van der Waals surface area contributed by atoms with Crippen LogP contribution in [0, 0.1) is 23.7 Å². The molecule has 0 fully saturated rings. The van der Waals surface area contributed by atoms with Gasteiger partial charge >= 0.3 is 39.5 Å². The maximum atomic E-state index is 13.1. The molecule has 0 heterocycles. The van der Waals surface area contributed by atoms with E-state index in [9.17, 15) is 43.2 Å². The van der Waals surface area contributed by atoms with Crippen molar-refractivity contribution >= 4 is 39.5 Å². The molecule has 0 aliphatic rings. The zero-order valence-corrected chi connectivity index (χ0v) is 64.1. The van der Waals surface area contributed by atoms with Crippen LogP contribution in [-0.2, 0) is 65.4 Å². The van der Waals surface area contributed by atoms with Crippen LogP contribution in [0.5, 0.6) is 0 Å². The molecule has 0 aromatic carbocycles. The van der Waals surface area contributed by atoms with Crippen molar-refractivity contribution in [3.05, 3.63) is 0 Å². The normalized spacial score (nSPS) is 14.7. The van der Waals surface area contributed by atoms with E-state index >= 15 is 0 Å². The highest BCUT2D eigenvalue weighted by Gasteiger charge is 2.30. The Morgan fingerprint density at radius 2 is 0.505 bits per heavy atom. The molecule has 95 heavy (non-hydrogen) atoms. The highest BCUT2D eigenvalue weighted by Crippen LogP contribution is 2.45. The summed E-state index contributed by atoms with van der Waals surface area (Å²) < 4.78 is 68.4. The van der Waals surface area contributed by atoms with Crippen LogP contribution in [0.4, 0.5) is 0 Å². The van der Waals surface area contributed by atoms with Gasteiger partial charge in [0.2, 0.25) is 0 Å². The van der Waals surface area contributed by atoms with Crippen molar-refractivity contribution in [3.8, 4) is 0 Å². The van der Waals surface area contributed by atoms with Crippen LogP contribution < -0.4 is 0 Å². The number of esters is 4. The van der Waals surface area contributed by atoms with Gasteiger partial charge in [-0.15, -0.1) is 0 Å². The molecule has 0 amide bonds. The Kier molecular flexibility index (Phi) is 64.0. The predicted octanol–water partition coefficient (Wildman–Crippen LogP) is 22.0. The number of phosphoric ester groups is 2. The average Bonchev–Trinajstić information content (AvgIpc) is 1.57. The first kappa shape index (κ1) is 93.1. The molecular formula is C76H148O17P2. The molecule has 0 saturated heterocycles. The molecule has 0 spiro atoms. The SMILES string of the molecule is CCC(C)CCCCCCCCCCCCCCCCCCCCC(=O)O[C@H](COC(=O)CCCCCCCCCC(C)C)COP(=O)(O)OCC(O)COP(=O)(O)OC[C@@H](COC(=O)CCCCCCCCCCC(C)C)OC(=O)CCCCCCCCCCC(C)CC. The number of aliphatic hydroxyl groups is 1. The first-order chi connectivity index (χ1) is 45.7. The quantitative estimate of drug-likeness (QED) is 0.0222. The third-order valence-corrected chi connectivity index (χ3v) is 20.2. The summed E-state index contributed by atoms with van der Waals surface area (Å²) in [5, 5.41) is 10.6. The lowest BCUT2D eigenvalue weighted by molar-refractivity contribution is -0.161. The van der Waals surface area contributed by atoms with E-state index in [1.165, 1.54) is 180 Å². The lowest BCUT2D eigenvalue weighted by Crippen LogP contribution is -2.30. The topological polar surface area (TPSA) is 237 Å². The summed E-state index contributed by atoms with van der Waals surface area (Å²) in [5.74, 6) is 0.947. The van der Waals surface area contributed by atoms with E-state index in [0.717, 1.165) is 114 Å². The van der Waals surface area contributed by atoms with Crippen molar-refractivity contribution in [2.45, 2.75) is 401 Å². The molecule has 17 nitrogen and oxygen atoms in total. The van der Waals surface area contributed by atoms with Gasteiger partial charge in [0.05, 0.1) is 26.4 Å². The smallest absolute Gasteiger partial charge is 0.462 e. The van der Waals surface area contributed by atoms with Gasteiger partial charge in [-0.25, -0.2) is 9.13 Å². The number of phosphoric acid groups is 2. The number of ether oxygens (including phenoxy) is 4. The standard InChI is InChI=1S/C76H148O17P2/c1-9-68(7)54-46-38-30-21-19-17-15-13-11-12-14-16-18-20-22-33-42-50-58-75(80)92-72(63-87-74(79)57-49-41-35-27-29-37-45-53-67(5)6)65-91-95(84,85)89-61-70(77)60-88-94(82,83)90-64-71(62-86-73(78)56-48-40-32-25-23-28-36-44-52-66(3)4)93-76(81)59-51-43-34-26-24-31-39-47-55-69(8)10-2/h66-72,77H,9-65H2,1-8H3,(H,82,83)(H,84,85)/t68?,69?,70?,71-,72-/m1/s1. The molecule has 0 aromatic rings. The molecule has 0 rings (SSSR count). The molecule has 0 aromatic heterocycles. The van der Waals surface area contributed by atoms with Gasteiger partial charge < -0.3 is 33.8 Å². The number of unbranched alkanes of at least 4 members (excludes halogenated alkanes) is 37. The van der Waals surface area contributed by atoms with Crippen LogP contribution >= 0.6 is 15.6 Å². The summed E-state index contributed by atoms with van der Waals surface area (Å²) >= 11 is 0. The largest absolute Gasteiger partial charge is 0.472 e. The molecule has 0 bridgehead atoms. The molecule has 0 aliphatic heterocycles. The first-order valence-electron chi connectivity index (χ1n) is 39.3. The van der Waals surface area contributed by atoms with E-state index in [1.807, 2.05) is 0 Å². The molecular weight excluding hydrogens is 1250 g/mol. The Labute approximate surface area is 581 Å². The maximum absolute atomic E-state index is 13.1. The van der Waals surface area contributed by atoms with Gasteiger partial charge in [-0.1, -0.05) is 331 Å². The molecule has 0 radical (unpaired) electrons. The van der Waals surface area contributed by atoms with Gasteiger partial charge in [0, 0.05) is 25.7 Å². The lowest BCUT2D eigenvalue weighted by Gasteiger charge is -2.21. The Hall–Kier alpha value is -1.94. The molecule has 0 aliphatic carbocycles. The summed E-state index contributed by atoms with van der Waals surface area (Å²) in [7, 11) is -9.91. The summed E-state index contributed by atoms with van der Waals surface area (Å²) in [6.45, 7) is 14.2. The van der Waals surface area contributed by atoms with Crippen LogP contribution in [0.3, 0.4) is 0 Å². The minimum Gasteiger partial charge on any atom is -0.462 e. The van der Waals surface area contributed by atoms with Gasteiger partial charge in [0.1, 0.15) is 19.3 Å². The zero-order valence-electron chi connectivity index (χ0n) is 62.3. The number of rotatable bonds is 73. The zero-order chi connectivity index (χ0) is 70.3. The average molecular weight is 1400 g/mol. The van der Waals surface area contributed by atoms with E-state index in [4.69, 9.17) is 37.0 Å². The monoisotopic (exact) mass is 1400 g/mol. The van der Waals surface area contributed by atoms with Crippen LogP contribution in [0.2, 0.25) is 0 Å². The van der Waals surface area contributed by atoms with E-state index in [2.05, 4.69) is 55.4 Å². The van der Waals surface area contributed by atoms with Crippen LogP contribution in [0.1, 0.15) is 383 Å². The molecule has 3 N–H and O–H groups in total. The van der Waals surface area contributed by atoms with Crippen LogP contribution in [0.15, 0.2) is 0 Å².